The molecule has 0 spiro atoms. The number of benzene rings is 2. The van der Waals surface area contributed by atoms with Gasteiger partial charge in [0.1, 0.15) is 25.6 Å². The topological polar surface area (TPSA) is 48.0 Å². The van der Waals surface area contributed by atoms with Crippen LogP contribution in [0, 0.1) is 5.92 Å². The van der Waals surface area contributed by atoms with Crippen molar-refractivity contribution in [2.24, 2.45) is 5.92 Å². The molecule has 1 saturated heterocycles. The Bertz CT molecular complexity index is 915. The van der Waals surface area contributed by atoms with Crippen LogP contribution < -0.4 is 14.2 Å². The number of fused-ring (bicyclic) bond motifs is 2. The Kier molecular flexibility index (Phi) is 4.55. The number of halogens is 1. The number of ether oxygens (including phenoxy) is 3. The normalized spacial score (nSPS) is 23.1. The molecule has 5 rings (SSSR count). The van der Waals surface area contributed by atoms with Crippen molar-refractivity contribution in [3.05, 3.63) is 52.5 Å². The minimum absolute atomic E-state index is 0.0732. The van der Waals surface area contributed by atoms with E-state index in [-0.39, 0.29) is 17.9 Å². The van der Waals surface area contributed by atoms with Crippen molar-refractivity contribution in [3.8, 4) is 17.2 Å². The molecule has 2 aromatic carbocycles. The fourth-order valence-corrected chi connectivity index (χ4v) is 4.60. The van der Waals surface area contributed by atoms with Gasteiger partial charge < -0.3 is 19.1 Å². The molecule has 1 fully saturated rings. The van der Waals surface area contributed by atoms with Crippen molar-refractivity contribution in [1.82, 2.24) is 4.90 Å². The van der Waals surface area contributed by atoms with Crippen LogP contribution in [-0.4, -0.2) is 37.2 Å². The monoisotopic (exact) mass is 399 g/mol. The Balaban J connectivity index is 1.36. The summed E-state index contributed by atoms with van der Waals surface area (Å²) in [4.78, 5) is 15.3. The molecule has 0 saturated carbocycles. The van der Waals surface area contributed by atoms with E-state index in [1.165, 1.54) is 0 Å². The molecular weight excluding hydrogens is 378 g/mol. The second-order valence-corrected chi connectivity index (χ2v) is 7.99. The minimum Gasteiger partial charge on any atom is -0.492 e. The quantitative estimate of drug-likeness (QED) is 0.765. The number of likely N-dealkylation sites (tertiary alicyclic amines) is 1. The predicted octanol–water partition coefficient (Wildman–Crippen LogP) is 4.03. The Hall–Kier alpha value is -2.40. The van der Waals surface area contributed by atoms with Crippen LogP contribution in [0.25, 0.3) is 0 Å². The Morgan fingerprint density at radius 1 is 1.00 bits per heavy atom. The lowest BCUT2D eigenvalue weighted by molar-refractivity contribution is -0.137. The molecule has 0 aromatic heterocycles. The average Bonchev–Trinajstić information content (AvgIpc) is 3.22. The number of rotatable bonds is 2. The molecule has 28 heavy (non-hydrogen) atoms. The first-order chi connectivity index (χ1) is 13.7. The molecule has 2 aromatic rings. The lowest BCUT2D eigenvalue weighted by atomic mass is 9.94. The molecule has 2 atom stereocenters. The molecule has 0 radical (unpaired) electrons. The molecule has 0 unspecified atom stereocenters. The van der Waals surface area contributed by atoms with E-state index in [0.717, 1.165) is 47.8 Å². The third kappa shape index (κ3) is 3.18. The maximum Gasteiger partial charge on any atom is 0.229 e. The van der Waals surface area contributed by atoms with Gasteiger partial charge >= 0.3 is 0 Å². The van der Waals surface area contributed by atoms with Gasteiger partial charge in [-0.15, -0.1) is 0 Å². The summed E-state index contributed by atoms with van der Waals surface area (Å²) in [5.41, 5.74) is 2.11. The van der Waals surface area contributed by atoms with E-state index < -0.39 is 0 Å². The fourth-order valence-electron chi connectivity index (χ4n) is 4.40. The molecule has 1 amide bonds. The largest absolute Gasteiger partial charge is 0.492 e. The number of hydrogen-bond donors (Lipinski definition) is 0. The Labute approximate surface area is 169 Å². The van der Waals surface area contributed by atoms with Gasteiger partial charge in [-0.2, -0.15) is 0 Å². The maximum absolute atomic E-state index is 13.3. The van der Waals surface area contributed by atoms with Crippen LogP contribution in [0.3, 0.4) is 0 Å². The highest BCUT2D eigenvalue weighted by atomic mass is 35.5. The second-order valence-electron chi connectivity index (χ2n) is 7.56. The third-order valence-corrected chi connectivity index (χ3v) is 6.00. The van der Waals surface area contributed by atoms with E-state index in [1.807, 2.05) is 35.2 Å². The molecule has 5 nitrogen and oxygen atoms in total. The zero-order valence-electron chi connectivity index (χ0n) is 15.5. The first-order valence-corrected chi connectivity index (χ1v) is 10.2. The fraction of sp³-hybridized carbons (Fsp3) is 0.409. The van der Waals surface area contributed by atoms with Gasteiger partial charge in [-0.05, 0) is 60.7 Å². The first kappa shape index (κ1) is 17.7. The second kappa shape index (κ2) is 7.21. The number of amides is 1. The highest BCUT2D eigenvalue weighted by Gasteiger charge is 2.36. The average molecular weight is 400 g/mol. The van der Waals surface area contributed by atoms with Crippen molar-refractivity contribution in [2.45, 2.75) is 25.3 Å². The highest BCUT2D eigenvalue weighted by Crippen LogP contribution is 2.39. The van der Waals surface area contributed by atoms with E-state index in [2.05, 4.69) is 6.07 Å². The van der Waals surface area contributed by atoms with Crippen LogP contribution in [0.1, 0.15) is 30.0 Å². The van der Waals surface area contributed by atoms with Gasteiger partial charge in [-0.25, -0.2) is 0 Å². The zero-order valence-corrected chi connectivity index (χ0v) is 16.3. The summed E-state index contributed by atoms with van der Waals surface area (Å²) in [6.45, 7) is 2.33. The lowest BCUT2D eigenvalue weighted by Crippen LogP contribution is -2.40. The smallest absolute Gasteiger partial charge is 0.229 e. The molecule has 3 aliphatic heterocycles. The van der Waals surface area contributed by atoms with Crippen LogP contribution >= 0.6 is 11.6 Å². The summed E-state index contributed by atoms with van der Waals surface area (Å²) in [7, 11) is 0. The van der Waals surface area contributed by atoms with Crippen molar-refractivity contribution in [3.63, 3.8) is 0 Å². The van der Waals surface area contributed by atoms with E-state index >= 15 is 0 Å². The molecular formula is C22H22ClNO4. The third-order valence-electron chi connectivity index (χ3n) is 5.76. The summed E-state index contributed by atoms with van der Waals surface area (Å²) < 4.78 is 17.2. The van der Waals surface area contributed by atoms with Crippen LogP contribution in [0.4, 0.5) is 0 Å². The molecule has 0 bridgehead atoms. The zero-order chi connectivity index (χ0) is 19.1. The Morgan fingerprint density at radius 2 is 1.82 bits per heavy atom. The van der Waals surface area contributed by atoms with Crippen molar-refractivity contribution >= 4 is 17.5 Å². The predicted molar refractivity (Wildman–Crippen MR) is 105 cm³/mol. The number of hydrogen-bond acceptors (Lipinski definition) is 4. The van der Waals surface area contributed by atoms with Gasteiger partial charge in [0.15, 0.2) is 11.5 Å². The van der Waals surface area contributed by atoms with Gasteiger partial charge in [-0.3, -0.25) is 4.79 Å². The van der Waals surface area contributed by atoms with E-state index in [4.69, 9.17) is 25.8 Å². The van der Waals surface area contributed by atoms with Crippen LogP contribution in [0.2, 0.25) is 5.02 Å². The van der Waals surface area contributed by atoms with Crippen LogP contribution in [0.5, 0.6) is 17.2 Å². The van der Waals surface area contributed by atoms with E-state index in [9.17, 15) is 4.79 Å². The van der Waals surface area contributed by atoms with Crippen LogP contribution in [-0.2, 0) is 11.2 Å². The molecule has 3 aliphatic rings. The molecule has 3 heterocycles. The maximum atomic E-state index is 13.3. The SMILES string of the molecule is O=C([C@H]1COc2ccc(Cl)cc2C1)N1CCC[C@@H]1c1ccc2c(c1)OCCO2. The Morgan fingerprint density at radius 3 is 2.71 bits per heavy atom. The van der Waals surface area contributed by atoms with E-state index in [0.29, 0.717) is 31.3 Å². The molecule has 6 heteroatoms. The standard InChI is InChI=1S/C22H22ClNO4/c23-17-4-6-19-15(11-17)10-16(13-28-19)22(25)24-7-1-2-18(24)14-3-5-20-21(12-14)27-9-8-26-20/h3-6,11-12,16,18H,1-2,7-10,13H2/t16-,18-/m1/s1. The van der Waals surface area contributed by atoms with E-state index in [1.54, 1.807) is 0 Å². The van der Waals surface area contributed by atoms with Gasteiger partial charge in [0, 0.05) is 11.6 Å². The summed E-state index contributed by atoms with van der Waals surface area (Å²) in [5, 5.41) is 0.672. The molecule has 146 valence electrons. The molecule has 0 N–H and O–H groups in total. The summed E-state index contributed by atoms with van der Waals surface area (Å²) in [5.74, 6) is 2.36. The van der Waals surface area contributed by atoms with Gasteiger partial charge in [-0.1, -0.05) is 17.7 Å². The number of carbonyl (C=O) groups excluding carboxylic acids is 1. The van der Waals surface area contributed by atoms with Crippen LogP contribution in [0.15, 0.2) is 36.4 Å². The van der Waals surface area contributed by atoms with Crippen molar-refractivity contribution in [2.75, 3.05) is 26.4 Å². The van der Waals surface area contributed by atoms with Gasteiger partial charge in [0.05, 0.1) is 12.0 Å². The number of nitrogens with zero attached hydrogens (tertiary/aromatic N) is 1. The van der Waals surface area contributed by atoms with Crippen molar-refractivity contribution in [1.29, 1.82) is 0 Å². The van der Waals surface area contributed by atoms with Crippen molar-refractivity contribution < 1.29 is 19.0 Å². The number of carbonyl (C=O) groups is 1. The first-order valence-electron chi connectivity index (χ1n) is 9.80. The summed E-state index contributed by atoms with van der Waals surface area (Å²) >= 11 is 6.12. The van der Waals surface area contributed by atoms with Gasteiger partial charge in [0.25, 0.3) is 0 Å². The molecule has 0 aliphatic carbocycles. The lowest BCUT2D eigenvalue weighted by Gasteiger charge is -2.32. The highest BCUT2D eigenvalue weighted by molar-refractivity contribution is 6.30. The minimum atomic E-state index is -0.177. The van der Waals surface area contributed by atoms with Gasteiger partial charge in [0.2, 0.25) is 5.91 Å². The summed E-state index contributed by atoms with van der Waals surface area (Å²) in [6.07, 6.45) is 2.63. The summed E-state index contributed by atoms with van der Waals surface area (Å²) in [6, 6.07) is 11.7.